The molecule has 2 heterocycles. The van der Waals surface area contributed by atoms with Crippen LogP contribution in [0.1, 0.15) is 23.2 Å². The van der Waals surface area contributed by atoms with Crippen molar-refractivity contribution in [1.82, 2.24) is 14.6 Å². The number of likely N-dealkylation sites (N-methyl/N-ethyl adjacent to an activating group) is 1. The number of aliphatic hydroxyl groups excluding tert-OH is 1. The Labute approximate surface area is 109 Å². The minimum absolute atomic E-state index is 0.0758. The predicted molar refractivity (Wildman–Crippen MR) is 68.9 cm³/mol. The lowest BCUT2D eigenvalue weighted by molar-refractivity contribution is 0.0664. The Morgan fingerprint density at radius 1 is 1.58 bits per heavy atom. The van der Waals surface area contributed by atoms with Crippen LogP contribution in [-0.4, -0.2) is 44.8 Å². The molecular weight excluding hydrogens is 246 g/mol. The van der Waals surface area contributed by atoms with Crippen molar-refractivity contribution in [2.24, 2.45) is 5.73 Å². The molecular formula is C12H15N5O2. The first-order valence-electron chi connectivity index (χ1n) is 6.13. The van der Waals surface area contributed by atoms with E-state index in [1.807, 2.05) is 11.9 Å². The summed E-state index contributed by atoms with van der Waals surface area (Å²) >= 11 is 0. The van der Waals surface area contributed by atoms with Crippen molar-refractivity contribution in [3.05, 3.63) is 24.0 Å². The van der Waals surface area contributed by atoms with E-state index in [1.165, 1.54) is 6.20 Å². The van der Waals surface area contributed by atoms with Gasteiger partial charge in [-0.1, -0.05) is 0 Å². The molecule has 7 nitrogen and oxygen atoms in total. The molecule has 19 heavy (non-hydrogen) atoms. The maximum absolute atomic E-state index is 11.3. The molecule has 7 heteroatoms. The van der Waals surface area contributed by atoms with Crippen molar-refractivity contribution >= 4 is 17.4 Å². The van der Waals surface area contributed by atoms with Gasteiger partial charge in [-0.15, -0.1) is 0 Å². The van der Waals surface area contributed by atoms with Crippen LogP contribution in [-0.2, 0) is 0 Å². The van der Waals surface area contributed by atoms with Crippen LogP contribution in [0.2, 0.25) is 0 Å². The van der Waals surface area contributed by atoms with Crippen molar-refractivity contribution in [3.8, 4) is 0 Å². The summed E-state index contributed by atoms with van der Waals surface area (Å²) in [5.41, 5.74) is 6.02. The van der Waals surface area contributed by atoms with Gasteiger partial charge in [0.25, 0.3) is 5.91 Å². The average Bonchev–Trinajstić information content (AvgIpc) is 2.80. The molecule has 0 radical (unpaired) electrons. The summed E-state index contributed by atoms with van der Waals surface area (Å²) < 4.78 is 1.57. The van der Waals surface area contributed by atoms with Gasteiger partial charge < -0.3 is 15.7 Å². The Kier molecular flexibility index (Phi) is 2.63. The molecule has 0 aromatic carbocycles. The monoisotopic (exact) mass is 261 g/mol. The normalized spacial score (nSPS) is 22.2. The molecule has 3 rings (SSSR count). The molecule has 0 spiro atoms. The van der Waals surface area contributed by atoms with E-state index in [0.29, 0.717) is 11.2 Å². The number of hydrogen-bond donors (Lipinski definition) is 2. The number of primary amides is 1. The molecule has 1 amide bonds. The van der Waals surface area contributed by atoms with Crippen molar-refractivity contribution in [2.45, 2.75) is 25.0 Å². The second-order valence-electron chi connectivity index (χ2n) is 4.78. The summed E-state index contributed by atoms with van der Waals surface area (Å²) in [7, 11) is 1.90. The Bertz CT molecular complexity index is 638. The topological polar surface area (TPSA) is 96.8 Å². The van der Waals surface area contributed by atoms with Crippen molar-refractivity contribution in [2.75, 3.05) is 11.9 Å². The third kappa shape index (κ3) is 1.74. The fourth-order valence-electron chi connectivity index (χ4n) is 2.41. The summed E-state index contributed by atoms with van der Waals surface area (Å²) in [6.07, 6.45) is 4.46. The Morgan fingerprint density at radius 3 is 2.95 bits per heavy atom. The number of carbonyl (C=O) groups excluding carboxylic acids is 1. The van der Waals surface area contributed by atoms with Crippen LogP contribution >= 0.6 is 0 Å². The molecule has 1 aliphatic rings. The molecule has 0 saturated heterocycles. The minimum atomic E-state index is -0.550. The van der Waals surface area contributed by atoms with Crippen LogP contribution in [0.4, 0.5) is 5.82 Å². The van der Waals surface area contributed by atoms with Crippen LogP contribution in [0.5, 0.6) is 0 Å². The first kappa shape index (κ1) is 11.9. The third-order valence-electron chi connectivity index (χ3n) is 3.71. The highest BCUT2D eigenvalue weighted by Gasteiger charge is 2.33. The summed E-state index contributed by atoms with van der Waals surface area (Å²) in [6, 6.07) is 1.88. The number of hydrogen-bond acceptors (Lipinski definition) is 5. The molecule has 100 valence electrons. The smallest absolute Gasteiger partial charge is 0.254 e. The Morgan fingerprint density at radius 2 is 2.37 bits per heavy atom. The molecule has 1 fully saturated rings. The minimum Gasteiger partial charge on any atom is -0.391 e. The van der Waals surface area contributed by atoms with E-state index >= 15 is 0 Å². The summed E-state index contributed by atoms with van der Waals surface area (Å²) in [4.78, 5) is 17.4. The second-order valence-corrected chi connectivity index (χ2v) is 4.78. The lowest BCUT2D eigenvalue weighted by atomic mass is 9.88. The quantitative estimate of drug-likeness (QED) is 0.796. The highest BCUT2D eigenvalue weighted by atomic mass is 16.3. The lowest BCUT2D eigenvalue weighted by Gasteiger charge is -2.40. The molecule has 2 atom stereocenters. The van der Waals surface area contributed by atoms with Gasteiger partial charge in [0.2, 0.25) is 0 Å². The van der Waals surface area contributed by atoms with Gasteiger partial charge in [-0.05, 0) is 18.9 Å². The fraction of sp³-hybridized carbons (Fsp3) is 0.417. The third-order valence-corrected chi connectivity index (χ3v) is 3.71. The number of nitrogens with two attached hydrogens (primary N) is 1. The number of aliphatic hydroxyl groups is 1. The van der Waals surface area contributed by atoms with E-state index in [2.05, 4.69) is 10.1 Å². The number of amides is 1. The summed E-state index contributed by atoms with van der Waals surface area (Å²) in [5.74, 6) is 0.229. The van der Waals surface area contributed by atoms with Crippen LogP contribution < -0.4 is 10.6 Å². The van der Waals surface area contributed by atoms with Gasteiger partial charge in [-0.2, -0.15) is 9.61 Å². The SMILES string of the molecule is CN(c1ccnc2c(C(N)=O)cnn12)[C@@H]1CC[C@H]1O. The van der Waals surface area contributed by atoms with Gasteiger partial charge in [0.1, 0.15) is 11.4 Å². The number of anilines is 1. The molecule has 2 aromatic rings. The van der Waals surface area contributed by atoms with Gasteiger partial charge in [0.05, 0.1) is 18.3 Å². The molecule has 0 bridgehead atoms. The summed E-state index contributed by atoms with van der Waals surface area (Å²) in [6.45, 7) is 0. The zero-order chi connectivity index (χ0) is 13.6. The number of fused-ring (bicyclic) bond motifs is 1. The Hall–Kier alpha value is -2.15. The number of carbonyl (C=O) groups is 1. The molecule has 1 saturated carbocycles. The molecule has 1 aliphatic carbocycles. The number of rotatable bonds is 3. The molecule has 0 aliphatic heterocycles. The van der Waals surface area contributed by atoms with Crippen LogP contribution in [0, 0.1) is 0 Å². The van der Waals surface area contributed by atoms with E-state index in [1.54, 1.807) is 16.8 Å². The van der Waals surface area contributed by atoms with E-state index in [0.717, 1.165) is 18.7 Å². The van der Waals surface area contributed by atoms with Crippen LogP contribution in [0.15, 0.2) is 18.5 Å². The van der Waals surface area contributed by atoms with E-state index in [-0.39, 0.29) is 12.1 Å². The van der Waals surface area contributed by atoms with Crippen molar-refractivity contribution in [1.29, 1.82) is 0 Å². The number of nitrogens with zero attached hydrogens (tertiary/aromatic N) is 4. The molecule has 3 N–H and O–H groups in total. The van der Waals surface area contributed by atoms with Gasteiger partial charge in [0, 0.05) is 13.2 Å². The van der Waals surface area contributed by atoms with E-state index in [9.17, 15) is 9.90 Å². The lowest BCUT2D eigenvalue weighted by Crippen LogP contribution is -2.49. The fourth-order valence-corrected chi connectivity index (χ4v) is 2.41. The van der Waals surface area contributed by atoms with Crippen molar-refractivity contribution < 1.29 is 9.90 Å². The first-order valence-corrected chi connectivity index (χ1v) is 6.13. The standard InChI is InChI=1S/C12H15N5O2/c1-16(8-2-3-9(8)18)10-4-5-14-12-7(11(13)19)6-15-17(10)12/h4-6,8-9,18H,2-3H2,1H3,(H2,13,19)/t8-,9-/m1/s1. The maximum Gasteiger partial charge on any atom is 0.254 e. The largest absolute Gasteiger partial charge is 0.391 e. The molecule has 2 aromatic heterocycles. The number of aromatic nitrogens is 3. The first-order chi connectivity index (χ1) is 9.09. The van der Waals surface area contributed by atoms with Crippen molar-refractivity contribution in [3.63, 3.8) is 0 Å². The van der Waals surface area contributed by atoms with Crippen LogP contribution in [0.3, 0.4) is 0 Å². The average molecular weight is 261 g/mol. The maximum atomic E-state index is 11.3. The highest BCUT2D eigenvalue weighted by molar-refractivity contribution is 5.98. The Balaban J connectivity index is 2.06. The van der Waals surface area contributed by atoms with Gasteiger partial charge >= 0.3 is 0 Å². The zero-order valence-electron chi connectivity index (χ0n) is 10.5. The summed E-state index contributed by atoms with van der Waals surface area (Å²) in [5, 5.41) is 13.9. The zero-order valence-corrected chi connectivity index (χ0v) is 10.5. The van der Waals surface area contributed by atoms with Gasteiger partial charge in [0.15, 0.2) is 5.65 Å². The second kappa shape index (κ2) is 4.20. The van der Waals surface area contributed by atoms with Gasteiger partial charge in [-0.25, -0.2) is 4.98 Å². The highest BCUT2D eigenvalue weighted by Crippen LogP contribution is 2.28. The van der Waals surface area contributed by atoms with E-state index < -0.39 is 5.91 Å². The van der Waals surface area contributed by atoms with Crippen LogP contribution in [0.25, 0.3) is 5.65 Å². The van der Waals surface area contributed by atoms with E-state index in [4.69, 9.17) is 5.73 Å². The molecule has 0 unspecified atom stereocenters. The predicted octanol–water partition coefficient (Wildman–Crippen LogP) is -0.212. The van der Waals surface area contributed by atoms with Gasteiger partial charge in [-0.3, -0.25) is 4.79 Å².